The highest BCUT2D eigenvalue weighted by Gasteiger charge is 2.23. The highest BCUT2D eigenvalue weighted by Crippen LogP contribution is 2.07. The van der Waals surface area contributed by atoms with E-state index in [1.54, 1.807) is 12.4 Å². The molecule has 0 aliphatic carbocycles. The normalized spacial score (nSPS) is 11.7. The van der Waals surface area contributed by atoms with Crippen molar-refractivity contribution >= 4 is 28.9 Å². The molecule has 0 spiro atoms. The average Bonchev–Trinajstić information content (AvgIpc) is 2.87. The molecule has 0 aromatic carbocycles. The molecule has 1 atom stereocenters. The van der Waals surface area contributed by atoms with Gasteiger partial charge in [-0.05, 0) is 7.05 Å². The lowest BCUT2D eigenvalue weighted by Gasteiger charge is -2.16. The van der Waals surface area contributed by atoms with E-state index in [4.69, 9.17) is 0 Å². The van der Waals surface area contributed by atoms with Gasteiger partial charge >= 0.3 is 0 Å². The summed E-state index contributed by atoms with van der Waals surface area (Å²) in [5.74, 6) is -0.893. The molecule has 104 valence electrons. The van der Waals surface area contributed by atoms with Crippen molar-refractivity contribution in [2.24, 2.45) is 0 Å². The number of aromatic nitrogens is 1. The molecule has 0 saturated heterocycles. The highest BCUT2D eigenvalue weighted by atomic mass is 32.1. The number of nitrogens with one attached hydrogen (secondary N) is 3. The number of nitrogens with zero attached hydrogens (tertiary/aromatic N) is 1. The van der Waals surface area contributed by atoms with Crippen LogP contribution in [0.1, 0.15) is 16.7 Å². The van der Waals surface area contributed by atoms with E-state index in [1.807, 2.05) is 0 Å². The van der Waals surface area contributed by atoms with Crippen molar-refractivity contribution < 1.29 is 14.4 Å². The van der Waals surface area contributed by atoms with Gasteiger partial charge in [0.25, 0.3) is 0 Å². The van der Waals surface area contributed by atoms with Crippen LogP contribution in [0.4, 0.5) is 0 Å². The van der Waals surface area contributed by atoms with E-state index < -0.39 is 6.04 Å². The first-order valence-electron chi connectivity index (χ1n) is 5.66. The lowest BCUT2D eigenvalue weighted by atomic mass is 10.2. The Kier molecular flexibility index (Phi) is 6.10. The molecule has 0 saturated carbocycles. The summed E-state index contributed by atoms with van der Waals surface area (Å²) in [6.07, 6.45) is 1.52. The summed E-state index contributed by atoms with van der Waals surface area (Å²) in [7, 11) is 1.63. The molecule has 1 aromatic rings. The number of ketones is 1. The number of hydrogen-bond acceptors (Lipinski definition) is 6. The van der Waals surface area contributed by atoms with Crippen molar-refractivity contribution in [1.82, 2.24) is 20.9 Å². The fraction of sp³-hybridized carbons (Fsp3) is 0.455. The van der Waals surface area contributed by atoms with E-state index >= 15 is 0 Å². The van der Waals surface area contributed by atoms with Gasteiger partial charge in [0, 0.05) is 25.0 Å². The Hall–Kier alpha value is -1.80. The maximum absolute atomic E-state index is 12.1. The van der Waals surface area contributed by atoms with Crippen molar-refractivity contribution in [3.05, 3.63) is 16.6 Å². The zero-order valence-corrected chi connectivity index (χ0v) is 11.5. The number of thiazole rings is 1. The molecule has 1 aromatic heterocycles. The van der Waals surface area contributed by atoms with Gasteiger partial charge in [-0.2, -0.15) is 0 Å². The second-order valence-corrected chi connectivity index (χ2v) is 4.68. The van der Waals surface area contributed by atoms with E-state index in [2.05, 4.69) is 20.9 Å². The van der Waals surface area contributed by atoms with Crippen LogP contribution in [0.25, 0.3) is 0 Å². The van der Waals surface area contributed by atoms with Crippen LogP contribution in [0.15, 0.2) is 11.6 Å². The van der Waals surface area contributed by atoms with Gasteiger partial charge in [-0.25, -0.2) is 4.98 Å². The number of carbonyl (C=O) groups is 3. The van der Waals surface area contributed by atoms with Crippen LogP contribution in [0.2, 0.25) is 0 Å². The molecule has 7 nitrogen and oxygen atoms in total. The van der Waals surface area contributed by atoms with Gasteiger partial charge in [-0.3, -0.25) is 14.4 Å². The molecule has 0 aliphatic heterocycles. The standard InChI is InChI=1S/C11H16N4O3S/c1-7(16)14-5-8(15-9(17)6-12-2)10(18)11-13-3-4-19-11/h3-4,8,12H,5-6H2,1-2H3,(H,14,16)(H,15,17). The number of hydrogen-bond donors (Lipinski definition) is 3. The van der Waals surface area contributed by atoms with Crippen molar-refractivity contribution in [1.29, 1.82) is 0 Å². The molecular formula is C11H16N4O3S. The van der Waals surface area contributed by atoms with Gasteiger partial charge in [-0.1, -0.05) is 0 Å². The van der Waals surface area contributed by atoms with Gasteiger partial charge in [0.15, 0.2) is 5.01 Å². The topological polar surface area (TPSA) is 100 Å². The van der Waals surface area contributed by atoms with E-state index in [0.29, 0.717) is 5.01 Å². The molecule has 0 radical (unpaired) electrons. The van der Waals surface area contributed by atoms with Crippen LogP contribution in [-0.2, 0) is 9.59 Å². The van der Waals surface area contributed by atoms with Crippen LogP contribution in [0.5, 0.6) is 0 Å². The number of amides is 2. The minimum absolute atomic E-state index is 0.0448. The minimum atomic E-state index is -0.809. The van der Waals surface area contributed by atoms with Crippen molar-refractivity contribution in [3.8, 4) is 0 Å². The zero-order valence-electron chi connectivity index (χ0n) is 10.7. The van der Waals surface area contributed by atoms with Gasteiger partial charge < -0.3 is 16.0 Å². The summed E-state index contributed by atoms with van der Waals surface area (Å²) >= 11 is 1.19. The molecule has 8 heteroatoms. The Morgan fingerprint density at radius 1 is 1.42 bits per heavy atom. The predicted octanol–water partition coefficient (Wildman–Crippen LogP) is -0.834. The molecule has 1 rings (SSSR count). The second kappa shape index (κ2) is 7.59. The quantitative estimate of drug-likeness (QED) is 0.567. The minimum Gasteiger partial charge on any atom is -0.354 e. The first-order valence-corrected chi connectivity index (χ1v) is 6.54. The van der Waals surface area contributed by atoms with Crippen LogP contribution in [0, 0.1) is 0 Å². The van der Waals surface area contributed by atoms with Crippen LogP contribution in [0.3, 0.4) is 0 Å². The molecule has 0 aliphatic rings. The molecule has 1 heterocycles. The van der Waals surface area contributed by atoms with Crippen molar-refractivity contribution in [3.63, 3.8) is 0 Å². The Bertz CT molecular complexity index is 447. The molecule has 19 heavy (non-hydrogen) atoms. The number of Topliss-reactive ketones (excluding diaryl/α,β-unsaturated/α-hetero) is 1. The molecule has 1 unspecified atom stereocenters. The lowest BCUT2D eigenvalue weighted by molar-refractivity contribution is -0.122. The first-order chi connectivity index (χ1) is 9.04. The van der Waals surface area contributed by atoms with Crippen LogP contribution in [-0.4, -0.2) is 48.8 Å². The highest BCUT2D eigenvalue weighted by molar-refractivity contribution is 7.11. The lowest BCUT2D eigenvalue weighted by Crippen LogP contribution is -2.50. The summed E-state index contributed by atoms with van der Waals surface area (Å²) in [6.45, 7) is 1.49. The molecular weight excluding hydrogens is 268 g/mol. The van der Waals surface area contributed by atoms with E-state index in [0.717, 1.165) is 0 Å². The van der Waals surface area contributed by atoms with Crippen LogP contribution < -0.4 is 16.0 Å². The SMILES string of the molecule is CNCC(=O)NC(CNC(C)=O)C(=O)c1nccs1. The number of carbonyl (C=O) groups excluding carboxylic acids is 3. The van der Waals surface area contributed by atoms with Crippen molar-refractivity contribution in [2.75, 3.05) is 20.1 Å². The Morgan fingerprint density at radius 3 is 2.68 bits per heavy atom. The Balaban J connectivity index is 2.70. The second-order valence-electron chi connectivity index (χ2n) is 3.79. The van der Waals surface area contributed by atoms with Gasteiger partial charge in [0.05, 0.1) is 6.54 Å². The Morgan fingerprint density at radius 2 is 2.16 bits per heavy atom. The summed E-state index contributed by atoms with van der Waals surface area (Å²) < 4.78 is 0. The third kappa shape index (κ3) is 5.14. The van der Waals surface area contributed by atoms with Gasteiger partial charge in [0.2, 0.25) is 17.6 Å². The predicted molar refractivity (Wildman–Crippen MR) is 71.0 cm³/mol. The maximum atomic E-state index is 12.1. The molecule has 3 N–H and O–H groups in total. The van der Waals surface area contributed by atoms with Gasteiger partial charge in [-0.15, -0.1) is 11.3 Å². The maximum Gasteiger partial charge on any atom is 0.234 e. The number of rotatable bonds is 7. The third-order valence-electron chi connectivity index (χ3n) is 2.19. The summed E-state index contributed by atoms with van der Waals surface area (Å²) in [6, 6.07) is -0.809. The zero-order chi connectivity index (χ0) is 14.3. The van der Waals surface area contributed by atoms with E-state index in [-0.39, 0.29) is 30.7 Å². The third-order valence-corrected chi connectivity index (χ3v) is 2.97. The average molecular weight is 284 g/mol. The number of likely N-dealkylation sites (N-methyl/N-ethyl adjacent to an activating group) is 1. The summed E-state index contributed by atoms with van der Waals surface area (Å²) in [5.41, 5.74) is 0. The van der Waals surface area contributed by atoms with Crippen LogP contribution >= 0.6 is 11.3 Å². The van der Waals surface area contributed by atoms with E-state index in [1.165, 1.54) is 24.5 Å². The molecule has 0 bridgehead atoms. The molecule has 0 fully saturated rings. The first kappa shape index (κ1) is 15.3. The van der Waals surface area contributed by atoms with Crippen molar-refractivity contribution in [2.45, 2.75) is 13.0 Å². The largest absolute Gasteiger partial charge is 0.354 e. The molecule has 2 amide bonds. The fourth-order valence-electron chi connectivity index (χ4n) is 1.36. The smallest absolute Gasteiger partial charge is 0.234 e. The fourth-order valence-corrected chi connectivity index (χ4v) is 1.99. The summed E-state index contributed by atoms with van der Waals surface area (Å²) in [4.78, 5) is 38.5. The monoisotopic (exact) mass is 284 g/mol. The van der Waals surface area contributed by atoms with E-state index in [9.17, 15) is 14.4 Å². The Labute approximate surface area is 114 Å². The van der Waals surface area contributed by atoms with Gasteiger partial charge in [0.1, 0.15) is 6.04 Å². The summed E-state index contributed by atoms with van der Waals surface area (Å²) in [5, 5.41) is 9.75.